The lowest BCUT2D eigenvalue weighted by atomic mass is 10.3. The number of amides is 2. The van der Waals surface area contributed by atoms with Crippen molar-refractivity contribution in [2.45, 2.75) is 20.0 Å². The summed E-state index contributed by atoms with van der Waals surface area (Å²) in [5.74, 6) is -1.69. The maximum absolute atomic E-state index is 13.1. The van der Waals surface area contributed by atoms with Gasteiger partial charge in [0.25, 0.3) is 0 Å². The van der Waals surface area contributed by atoms with Gasteiger partial charge in [-0.1, -0.05) is 11.6 Å². The van der Waals surface area contributed by atoms with Gasteiger partial charge in [-0.2, -0.15) is 0 Å². The highest BCUT2D eigenvalue weighted by Gasteiger charge is 2.15. The van der Waals surface area contributed by atoms with Gasteiger partial charge in [0.05, 0.1) is 11.1 Å². The van der Waals surface area contributed by atoms with Crippen molar-refractivity contribution in [2.24, 2.45) is 0 Å². The fraction of sp³-hybridized carbons (Fsp3) is 0.176. The molecule has 0 saturated heterocycles. The van der Waals surface area contributed by atoms with Crippen molar-refractivity contribution in [3.63, 3.8) is 0 Å². The second-order valence-electron chi connectivity index (χ2n) is 5.23. The van der Waals surface area contributed by atoms with Gasteiger partial charge < -0.3 is 15.4 Å². The molecule has 0 aromatic heterocycles. The second-order valence-corrected chi connectivity index (χ2v) is 5.64. The summed E-state index contributed by atoms with van der Waals surface area (Å²) in [7, 11) is 0. The van der Waals surface area contributed by atoms with Gasteiger partial charge in [0.2, 0.25) is 0 Å². The molecule has 2 aromatic rings. The number of rotatable bonds is 4. The lowest BCUT2D eigenvalue weighted by Crippen LogP contribution is -2.29. The third-order valence-electron chi connectivity index (χ3n) is 2.87. The summed E-state index contributed by atoms with van der Waals surface area (Å²) < 4.78 is 18.5. The fourth-order valence-corrected chi connectivity index (χ4v) is 2.02. The van der Waals surface area contributed by atoms with E-state index in [-0.39, 0.29) is 16.8 Å². The molecule has 0 aliphatic heterocycles. The van der Waals surface area contributed by atoms with Crippen LogP contribution in [0, 0.1) is 5.82 Å². The molecule has 7 heteroatoms. The zero-order valence-corrected chi connectivity index (χ0v) is 13.9. The largest absolute Gasteiger partial charge is 0.491 e. The number of benzene rings is 2. The number of ether oxygens (including phenoxy) is 1. The lowest BCUT2D eigenvalue weighted by molar-refractivity contribution is -0.132. The summed E-state index contributed by atoms with van der Waals surface area (Å²) in [6.07, 6.45) is 0.0405. The number of halogens is 2. The van der Waals surface area contributed by atoms with Gasteiger partial charge in [0.15, 0.2) is 0 Å². The molecule has 0 aliphatic carbocycles. The average molecular weight is 351 g/mol. The van der Waals surface area contributed by atoms with Crippen molar-refractivity contribution < 1.29 is 18.7 Å². The van der Waals surface area contributed by atoms with E-state index in [1.807, 2.05) is 13.8 Å². The van der Waals surface area contributed by atoms with Crippen LogP contribution >= 0.6 is 11.6 Å². The van der Waals surface area contributed by atoms with Crippen LogP contribution in [-0.4, -0.2) is 17.9 Å². The Bertz CT molecular complexity index is 748. The summed E-state index contributed by atoms with van der Waals surface area (Å²) in [6, 6.07) is 10.3. The summed E-state index contributed by atoms with van der Waals surface area (Å²) in [6.45, 7) is 3.81. The van der Waals surface area contributed by atoms with Gasteiger partial charge in [-0.25, -0.2) is 4.39 Å². The molecule has 0 heterocycles. The third-order valence-corrected chi connectivity index (χ3v) is 3.16. The van der Waals surface area contributed by atoms with Gasteiger partial charge in [0, 0.05) is 11.4 Å². The number of carbonyl (C=O) groups is 2. The second kappa shape index (κ2) is 7.79. The van der Waals surface area contributed by atoms with E-state index in [9.17, 15) is 14.0 Å². The van der Waals surface area contributed by atoms with E-state index in [1.54, 1.807) is 24.3 Å². The van der Waals surface area contributed by atoms with Crippen LogP contribution in [0.3, 0.4) is 0 Å². The molecular weight excluding hydrogens is 335 g/mol. The highest BCUT2D eigenvalue weighted by atomic mass is 35.5. The van der Waals surface area contributed by atoms with Crippen molar-refractivity contribution in [1.82, 2.24) is 0 Å². The van der Waals surface area contributed by atoms with Gasteiger partial charge in [-0.15, -0.1) is 0 Å². The Kier molecular flexibility index (Phi) is 5.76. The number of hydrogen-bond acceptors (Lipinski definition) is 3. The molecule has 24 heavy (non-hydrogen) atoms. The first-order valence-corrected chi connectivity index (χ1v) is 7.57. The molecule has 0 aliphatic rings. The summed E-state index contributed by atoms with van der Waals surface area (Å²) >= 11 is 5.62. The number of hydrogen-bond donors (Lipinski definition) is 2. The fourth-order valence-electron chi connectivity index (χ4n) is 1.84. The molecule has 0 unspecified atom stereocenters. The Morgan fingerprint density at radius 3 is 2.08 bits per heavy atom. The number of anilines is 2. The first kappa shape index (κ1) is 17.7. The zero-order valence-electron chi connectivity index (χ0n) is 13.1. The monoisotopic (exact) mass is 350 g/mol. The molecule has 0 atom stereocenters. The minimum absolute atomic E-state index is 0.0405. The predicted molar refractivity (Wildman–Crippen MR) is 90.9 cm³/mol. The van der Waals surface area contributed by atoms with Crippen LogP contribution in [0.25, 0.3) is 0 Å². The molecule has 0 spiro atoms. The molecule has 2 rings (SSSR count). The predicted octanol–water partition coefficient (Wildman–Crippen LogP) is 3.84. The molecule has 2 amide bonds. The number of carbonyl (C=O) groups excluding carboxylic acids is 2. The Balaban J connectivity index is 1.95. The Morgan fingerprint density at radius 1 is 1.00 bits per heavy atom. The van der Waals surface area contributed by atoms with Crippen molar-refractivity contribution in [1.29, 1.82) is 0 Å². The average Bonchev–Trinajstić information content (AvgIpc) is 2.52. The van der Waals surface area contributed by atoms with Crippen molar-refractivity contribution in [2.75, 3.05) is 10.6 Å². The molecule has 0 saturated carbocycles. The van der Waals surface area contributed by atoms with E-state index < -0.39 is 17.6 Å². The van der Waals surface area contributed by atoms with Gasteiger partial charge in [-0.05, 0) is 56.3 Å². The Labute approximate surface area is 143 Å². The Hall–Kier alpha value is -2.60. The Morgan fingerprint density at radius 2 is 1.54 bits per heavy atom. The lowest BCUT2D eigenvalue weighted by Gasteiger charge is -2.10. The van der Waals surface area contributed by atoms with Crippen LogP contribution in [0.15, 0.2) is 42.5 Å². The van der Waals surface area contributed by atoms with Crippen LogP contribution in [0.5, 0.6) is 5.75 Å². The molecule has 126 valence electrons. The van der Waals surface area contributed by atoms with Crippen LogP contribution in [0.2, 0.25) is 5.02 Å². The quantitative estimate of drug-likeness (QED) is 0.823. The zero-order chi connectivity index (χ0) is 17.7. The van der Waals surface area contributed by atoms with Gasteiger partial charge >= 0.3 is 11.8 Å². The van der Waals surface area contributed by atoms with E-state index in [1.165, 1.54) is 12.1 Å². The van der Waals surface area contributed by atoms with E-state index >= 15 is 0 Å². The molecule has 2 aromatic carbocycles. The van der Waals surface area contributed by atoms with Crippen molar-refractivity contribution in [3.05, 3.63) is 53.3 Å². The topological polar surface area (TPSA) is 67.4 Å². The number of nitrogens with one attached hydrogen (secondary N) is 2. The van der Waals surface area contributed by atoms with Gasteiger partial charge in [0.1, 0.15) is 11.6 Å². The van der Waals surface area contributed by atoms with E-state index in [2.05, 4.69) is 10.6 Å². The molecule has 0 bridgehead atoms. The van der Waals surface area contributed by atoms with Crippen molar-refractivity contribution in [3.8, 4) is 5.75 Å². The van der Waals surface area contributed by atoms with Crippen LogP contribution < -0.4 is 15.4 Å². The van der Waals surface area contributed by atoms with E-state index in [4.69, 9.17) is 16.3 Å². The van der Waals surface area contributed by atoms with E-state index in [0.717, 1.165) is 6.07 Å². The third kappa shape index (κ3) is 4.96. The molecule has 0 fully saturated rings. The first-order chi connectivity index (χ1) is 11.3. The summed E-state index contributed by atoms with van der Waals surface area (Å²) in [4.78, 5) is 23.7. The van der Waals surface area contributed by atoms with Crippen molar-refractivity contribution >= 4 is 34.8 Å². The molecule has 0 radical (unpaired) electrons. The SMILES string of the molecule is CC(C)Oc1ccc(NC(=O)C(=O)Nc2ccc(F)c(Cl)c2)cc1. The van der Waals surface area contributed by atoms with E-state index in [0.29, 0.717) is 11.4 Å². The highest BCUT2D eigenvalue weighted by Crippen LogP contribution is 2.20. The normalized spacial score (nSPS) is 10.4. The summed E-state index contributed by atoms with van der Waals surface area (Å²) in [5, 5.41) is 4.65. The highest BCUT2D eigenvalue weighted by molar-refractivity contribution is 6.43. The van der Waals surface area contributed by atoms with Gasteiger partial charge in [-0.3, -0.25) is 9.59 Å². The minimum atomic E-state index is -0.889. The van der Waals surface area contributed by atoms with Crippen LogP contribution in [0.4, 0.5) is 15.8 Å². The standard InChI is InChI=1S/C17H16ClFN2O3/c1-10(2)24-13-6-3-11(4-7-13)20-16(22)17(23)21-12-5-8-15(19)14(18)9-12/h3-10H,1-2H3,(H,20,22)(H,21,23). The molecular formula is C17H16ClFN2O3. The van der Waals surface area contributed by atoms with Crippen LogP contribution in [-0.2, 0) is 9.59 Å². The smallest absolute Gasteiger partial charge is 0.314 e. The van der Waals surface area contributed by atoms with Crippen LogP contribution in [0.1, 0.15) is 13.8 Å². The maximum atomic E-state index is 13.1. The maximum Gasteiger partial charge on any atom is 0.314 e. The first-order valence-electron chi connectivity index (χ1n) is 7.19. The summed E-state index contributed by atoms with van der Waals surface area (Å²) in [5.41, 5.74) is 0.672. The molecule has 2 N–H and O–H groups in total. The molecule has 5 nitrogen and oxygen atoms in total. The minimum Gasteiger partial charge on any atom is -0.491 e.